The summed E-state index contributed by atoms with van der Waals surface area (Å²) in [6, 6.07) is 23.2. The van der Waals surface area contributed by atoms with Crippen LogP contribution in [0.4, 0.5) is 11.4 Å². The molecule has 0 aliphatic heterocycles. The van der Waals surface area contributed by atoms with Crippen LogP contribution in [0.1, 0.15) is 16.7 Å². The average Bonchev–Trinajstić information content (AvgIpc) is 2.60. The van der Waals surface area contributed by atoms with Crippen LogP contribution in [0.25, 0.3) is 0 Å². The summed E-state index contributed by atoms with van der Waals surface area (Å²) in [6.07, 6.45) is 0. The molecule has 0 spiro atoms. The Kier molecular flexibility index (Phi) is 4.82. The molecule has 0 aliphatic rings. The second kappa shape index (κ2) is 7.20. The molecule has 0 atom stereocenters. The summed E-state index contributed by atoms with van der Waals surface area (Å²) in [7, 11) is 0. The maximum Gasteiger partial charge on any atom is 0.118 e. The first kappa shape index (κ1) is 16.1. The Labute approximate surface area is 146 Å². The van der Waals surface area contributed by atoms with Crippen molar-refractivity contribution in [3.63, 3.8) is 0 Å². The Morgan fingerprint density at radius 1 is 0.875 bits per heavy atom. The van der Waals surface area contributed by atoms with Crippen molar-refractivity contribution in [1.29, 1.82) is 0 Å². The van der Waals surface area contributed by atoms with E-state index in [0.29, 0.717) is 16.3 Å². The third-order valence-electron chi connectivity index (χ3n) is 3.79. The molecule has 3 nitrogen and oxygen atoms in total. The normalized spacial score (nSPS) is 11.3. The van der Waals surface area contributed by atoms with Gasteiger partial charge in [0.15, 0.2) is 0 Å². The highest BCUT2D eigenvalue weighted by molar-refractivity contribution is 6.35. The molecule has 24 heavy (non-hydrogen) atoms. The first-order valence-electron chi connectivity index (χ1n) is 7.59. The zero-order chi connectivity index (χ0) is 16.9. The van der Waals surface area contributed by atoms with Gasteiger partial charge in [-0.25, -0.2) is 0 Å². The molecule has 0 radical (unpaired) electrons. The van der Waals surface area contributed by atoms with Crippen LogP contribution >= 0.6 is 11.6 Å². The maximum atomic E-state index is 9.50. The van der Waals surface area contributed by atoms with Gasteiger partial charge in [-0.15, -0.1) is 0 Å². The van der Waals surface area contributed by atoms with Gasteiger partial charge in [-0.3, -0.25) is 0 Å². The number of aryl methyl sites for hydroxylation is 1. The molecule has 4 heteroatoms. The maximum absolute atomic E-state index is 9.50. The molecule has 0 saturated carbocycles. The van der Waals surface area contributed by atoms with Gasteiger partial charge in [0.2, 0.25) is 0 Å². The molecule has 0 bridgehead atoms. The summed E-state index contributed by atoms with van der Waals surface area (Å²) in [6.45, 7) is 1.97. The van der Waals surface area contributed by atoms with Gasteiger partial charge in [-0.1, -0.05) is 59.2 Å². The van der Waals surface area contributed by atoms with Crippen molar-refractivity contribution in [3.8, 4) is 0 Å². The van der Waals surface area contributed by atoms with E-state index >= 15 is 0 Å². The zero-order valence-electron chi connectivity index (χ0n) is 13.2. The van der Waals surface area contributed by atoms with Gasteiger partial charge < -0.3 is 10.5 Å². The van der Waals surface area contributed by atoms with Crippen molar-refractivity contribution in [1.82, 2.24) is 0 Å². The van der Waals surface area contributed by atoms with Crippen LogP contribution in [0.2, 0.25) is 5.02 Å². The fraction of sp³-hybridized carbons (Fsp3) is 0.0500. The van der Waals surface area contributed by atoms with E-state index in [-0.39, 0.29) is 0 Å². The van der Waals surface area contributed by atoms with Crippen molar-refractivity contribution in [3.05, 3.63) is 94.5 Å². The Morgan fingerprint density at radius 3 is 2.25 bits per heavy atom. The van der Waals surface area contributed by atoms with E-state index in [4.69, 9.17) is 11.6 Å². The van der Waals surface area contributed by atoms with Gasteiger partial charge in [0.05, 0.1) is 5.02 Å². The van der Waals surface area contributed by atoms with Crippen LogP contribution in [-0.2, 0) is 0 Å². The summed E-state index contributed by atoms with van der Waals surface area (Å²) in [5.74, 6) is 0. The number of anilines is 2. The van der Waals surface area contributed by atoms with Crippen LogP contribution in [0.15, 0.2) is 78.0 Å². The number of nitrogens with one attached hydrogen (secondary N) is 1. The van der Waals surface area contributed by atoms with E-state index < -0.39 is 0 Å². The molecular formula is C20H17ClN2O. The lowest BCUT2D eigenvalue weighted by atomic mass is 9.98. The van der Waals surface area contributed by atoms with Gasteiger partial charge >= 0.3 is 0 Å². The van der Waals surface area contributed by atoms with Crippen LogP contribution in [0.5, 0.6) is 0 Å². The van der Waals surface area contributed by atoms with Crippen molar-refractivity contribution in [2.24, 2.45) is 5.16 Å². The predicted octanol–water partition coefficient (Wildman–Crippen LogP) is 5.62. The molecule has 0 fully saturated rings. The monoisotopic (exact) mass is 336 g/mol. The third-order valence-corrected chi connectivity index (χ3v) is 4.10. The SMILES string of the molecule is Cc1ccccc1/C(=N/O)c1ccc(Nc2ccccc2)cc1Cl. The lowest BCUT2D eigenvalue weighted by Gasteiger charge is -2.12. The summed E-state index contributed by atoms with van der Waals surface area (Å²) in [5, 5.41) is 16.8. The fourth-order valence-electron chi connectivity index (χ4n) is 2.56. The van der Waals surface area contributed by atoms with E-state index in [1.807, 2.05) is 79.7 Å². The van der Waals surface area contributed by atoms with Gasteiger partial charge in [-0.2, -0.15) is 0 Å². The molecule has 0 unspecified atom stereocenters. The molecule has 0 saturated heterocycles. The molecule has 0 amide bonds. The van der Waals surface area contributed by atoms with E-state index in [9.17, 15) is 5.21 Å². The van der Waals surface area contributed by atoms with Crippen LogP contribution < -0.4 is 5.32 Å². The fourth-order valence-corrected chi connectivity index (χ4v) is 2.83. The highest BCUT2D eigenvalue weighted by atomic mass is 35.5. The van der Waals surface area contributed by atoms with Crippen LogP contribution in [-0.4, -0.2) is 10.9 Å². The Balaban J connectivity index is 1.93. The number of benzene rings is 3. The number of hydrogen-bond donors (Lipinski definition) is 2. The van der Waals surface area contributed by atoms with E-state index in [2.05, 4.69) is 10.5 Å². The summed E-state index contributed by atoms with van der Waals surface area (Å²) in [4.78, 5) is 0. The first-order chi connectivity index (χ1) is 11.7. The van der Waals surface area contributed by atoms with E-state index in [1.165, 1.54) is 0 Å². The van der Waals surface area contributed by atoms with E-state index in [0.717, 1.165) is 22.5 Å². The van der Waals surface area contributed by atoms with Gasteiger partial charge in [0.25, 0.3) is 0 Å². The zero-order valence-corrected chi connectivity index (χ0v) is 14.0. The van der Waals surface area contributed by atoms with Crippen molar-refractivity contribution in [2.75, 3.05) is 5.32 Å². The van der Waals surface area contributed by atoms with Crippen molar-refractivity contribution >= 4 is 28.7 Å². The highest BCUT2D eigenvalue weighted by Crippen LogP contribution is 2.27. The Hall–Kier alpha value is -2.78. The summed E-state index contributed by atoms with van der Waals surface area (Å²) >= 11 is 6.44. The number of para-hydroxylation sites is 1. The highest BCUT2D eigenvalue weighted by Gasteiger charge is 2.14. The lowest BCUT2D eigenvalue weighted by Crippen LogP contribution is -2.06. The lowest BCUT2D eigenvalue weighted by molar-refractivity contribution is 0.319. The van der Waals surface area contributed by atoms with Crippen molar-refractivity contribution < 1.29 is 5.21 Å². The smallest absolute Gasteiger partial charge is 0.118 e. The first-order valence-corrected chi connectivity index (χ1v) is 7.97. The number of nitrogens with zero attached hydrogens (tertiary/aromatic N) is 1. The topological polar surface area (TPSA) is 44.6 Å². The molecule has 3 rings (SSSR count). The number of halogens is 1. The minimum atomic E-state index is 0.462. The number of rotatable bonds is 4. The summed E-state index contributed by atoms with van der Waals surface area (Å²) < 4.78 is 0. The molecule has 3 aromatic rings. The molecule has 0 heterocycles. The number of hydrogen-bond acceptors (Lipinski definition) is 3. The molecule has 0 aromatic heterocycles. The predicted molar refractivity (Wildman–Crippen MR) is 99.8 cm³/mol. The molecule has 2 N–H and O–H groups in total. The second-order valence-corrected chi connectivity index (χ2v) is 5.86. The minimum absolute atomic E-state index is 0.462. The molecule has 0 aliphatic carbocycles. The largest absolute Gasteiger partial charge is 0.410 e. The van der Waals surface area contributed by atoms with Crippen LogP contribution in [0.3, 0.4) is 0 Å². The number of oxime groups is 1. The Bertz CT molecular complexity index is 876. The molecule has 120 valence electrons. The Morgan fingerprint density at radius 2 is 1.58 bits per heavy atom. The van der Waals surface area contributed by atoms with Gasteiger partial charge in [-0.05, 0) is 42.8 Å². The third kappa shape index (κ3) is 3.42. The van der Waals surface area contributed by atoms with Crippen LogP contribution in [0, 0.1) is 6.92 Å². The van der Waals surface area contributed by atoms with Gasteiger partial charge in [0.1, 0.15) is 5.71 Å². The standard InChI is InChI=1S/C20H17ClN2O/c1-14-7-5-6-10-17(14)20(23-24)18-12-11-16(13-19(18)21)22-15-8-3-2-4-9-15/h2-13,22,24H,1H3/b23-20-. The second-order valence-electron chi connectivity index (χ2n) is 5.45. The van der Waals surface area contributed by atoms with Gasteiger partial charge in [0, 0.05) is 22.5 Å². The van der Waals surface area contributed by atoms with Crippen molar-refractivity contribution in [2.45, 2.75) is 6.92 Å². The average molecular weight is 337 g/mol. The minimum Gasteiger partial charge on any atom is -0.410 e. The summed E-state index contributed by atoms with van der Waals surface area (Å²) in [5.41, 5.74) is 4.88. The molecular weight excluding hydrogens is 320 g/mol. The molecule has 3 aromatic carbocycles. The quantitative estimate of drug-likeness (QED) is 0.369. The van der Waals surface area contributed by atoms with E-state index in [1.54, 1.807) is 0 Å².